The number of hydrogen-bond donors (Lipinski definition) is 2. The molecule has 0 radical (unpaired) electrons. The molecule has 2 nitrogen and oxygen atoms in total. The zero-order valence-corrected chi connectivity index (χ0v) is 8.42. The van der Waals surface area contributed by atoms with E-state index in [2.05, 4.69) is 12.6 Å². The van der Waals surface area contributed by atoms with Crippen molar-refractivity contribution >= 4 is 24.4 Å². The molecule has 0 atom stereocenters. The van der Waals surface area contributed by atoms with Gasteiger partial charge < -0.3 is 10.5 Å². The number of benzene rings is 1. The maximum absolute atomic E-state index is 5.73. The molecule has 1 aromatic rings. The summed E-state index contributed by atoms with van der Waals surface area (Å²) in [5, 5.41) is 0. The van der Waals surface area contributed by atoms with E-state index in [1.807, 2.05) is 30.4 Å². The Morgan fingerprint density at radius 1 is 1.54 bits per heavy atom. The number of methoxy groups -OCH3 is 1. The Balaban J connectivity index is 2.89. The molecular weight excluding hydrogens is 182 g/mol. The lowest BCUT2D eigenvalue weighted by molar-refractivity contribution is 0.417. The number of anilines is 1. The summed E-state index contributed by atoms with van der Waals surface area (Å²) >= 11 is 4.07. The largest absolute Gasteiger partial charge is 0.495 e. The van der Waals surface area contributed by atoms with E-state index >= 15 is 0 Å². The van der Waals surface area contributed by atoms with E-state index in [1.54, 1.807) is 7.11 Å². The van der Waals surface area contributed by atoms with E-state index in [9.17, 15) is 0 Å². The maximum atomic E-state index is 5.73. The van der Waals surface area contributed by atoms with Crippen LogP contribution in [0.2, 0.25) is 0 Å². The fourth-order valence-corrected chi connectivity index (χ4v) is 1.15. The van der Waals surface area contributed by atoms with Crippen molar-refractivity contribution in [2.75, 3.05) is 18.6 Å². The molecule has 0 aliphatic rings. The highest BCUT2D eigenvalue weighted by Gasteiger charge is 1.97. The van der Waals surface area contributed by atoms with Gasteiger partial charge in [-0.2, -0.15) is 12.6 Å². The highest BCUT2D eigenvalue weighted by molar-refractivity contribution is 7.80. The molecule has 0 saturated carbocycles. The average molecular weight is 195 g/mol. The molecule has 0 heterocycles. The van der Waals surface area contributed by atoms with Crippen LogP contribution in [0.25, 0.3) is 6.08 Å². The van der Waals surface area contributed by atoms with Crippen molar-refractivity contribution in [2.24, 2.45) is 0 Å². The molecular formula is C10H13NOS. The Morgan fingerprint density at radius 3 is 2.85 bits per heavy atom. The first kappa shape index (κ1) is 9.99. The van der Waals surface area contributed by atoms with Gasteiger partial charge in [0.2, 0.25) is 0 Å². The van der Waals surface area contributed by atoms with Crippen molar-refractivity contribution in [1.82, 2.24) is 0 Å². The Labute approximate surface area is 83.8 Å². The van der Waals surface area contributed by atoms with E-state index in [1.165, 1.54) is 0 Å². The summed E-state index contributed by atoms with van der Waals surface area (Å²) < 4.78 is 5.04. The van der Waals surface area contributed by atoms with Crippen LogP contribution < -0.4 is 10.5 Å². The minimum Gasteiger partial charge on any atom is -0.495 e. The van der Waals surface area contributed by atoms with Crippen LogP contribution in [0.5, 0.6) is 5.75 Å². The van der Waals surface area contributed by atoms with Gasteiger partial charge in [-0.15, -0.1) is 0 Å². The van der Waals surface area contributed by atoms with Gasteiger partial charge >= 0.3 is 0 Å². The summed E-state index contributed by atoms with van der Waals surface area (Å²) in [4.78, 5) is 0. The Hall–Kier alpha value is -1.09. The van der Waals surface area contributed by atoms with Gasteiger partial charge in [0.1, 0.15) is 5.75 Å². The van der Waals surface area contributed by atoms with Crippen LogP contribution in [0.3, 0.4) is 0 Å². The van der Waals surface area contributed by atoms with Crippen molar-refractivity contribution in [3.05, 3.63) is 29.8 Å². The van der Waals surface area contributed by atoms with Crippen molar-refractivity contribution < 1.29 is 4.74 Å². The number of hydrogen-bond acceptors (Lipinski definition) is 3. The third kappa shape index (κ3) is 2.70. The Morgan fingerprint density at radius 2 is 2.31 bits per heavy atom. The summed E-state index contributed by atoms with van der Waals surface area (Å²) in [5.41, 5.74) is 7.44. The summed E-state index contributed by atoms with van der Waals surface area (Å²) in [7, 11) is 1.61. The first-order chi connectivity index (χ1) is 6.27. The number of rotatable bonds is 3. The van der Waals surface area contributed by atoms with E-state index in [0.717, 1.165) is 11.3 Å². The van der Waals surface area contributed by atoms with Gasteiger partial charge in [-0.25, -0.2) is 0 Å². The summed E-state index contributed by atoms with van der Waals surface area (Å²) in [6.45, 7) is 0. The van der Waals surface area contributed by atoms with Crippen molar-refractivity contribution in [3.63, 3.8) is 0 Å². The SMILES string of the molecule is COc1ccc(C=CCS)cc1N. The molecule has 0 aliphatic heterocycles. The zero-order chi connectivity index (χ0) is 9.68. The van der Waals surface area contributed by atoms with Gasteiger partial charge in [-0.3, -0.25) is 0 Å². The molecule has 0 aromatic heterocycles. The van der Waals surface area contributed by atoms with Crippen LogP contribution in [0.1, 0.15) is 5.56 Å². The summed E-state index contributed by atoms with van der Waals surface area (Å²) in [5.74, 6) is 1.44. The second kappa shape index (κ2) is 4.82. The predicted octanol–water partition coefficient (Wildman–Crippen LogP) is 2.22. The van der Waals surface area contributed by atoms with Crippen LogP contribution in [0.4, 0.5) is 5.69 Å². The summed E-state index contributed by atoms with van der Waals surface area (Å²) in [6, 6.07) is 5.68. The highest BCUT2D eigenvalue weighted by Crippen LogP contribution is 2.22. The van der Waals surface area contributed by atoms with Crippen LogP contribution in [-0.4, -0.2) is 12.9 Å². The van der Waals surface area contributed by atoms with Crippen molar-refractivity contribution in [3.8, 4) is 5.75 Å². The number of nitrogens with two attached hydrogens (primary N) is 1. The van der Waals surface area contributed by atoms with Crippen LogP contribution in [0.15, 0.2) is 24.3 Å². The number of thiol groups is 1. The van der Waals surface area contributed by atoms with Gasteiger partial charge in [-0.05, 0) is 17.7 Å². The molecule has 0 bridgehead atoms. The molecule has 1 aromatic carbocycles. The first-order valence-electron chi connectivity index (χ1n) is 3.99. The van der Waals surface area contributed by atoms with Gasteiger partial charge in [0.05, 0.1) is 12.8 Å². The predicted molar refractivity (Wildman–Crippen MR) is 60.3 cm³/mol. The lowest BCUT2D eigenvalue weighted by Crippen LogP contribution is -1.92. The molecule has 70 valence electrons. The summed E-state index contributed by atoms with van der Waals surface area (Å²) in [6.07, 6.45) is 3.94. The fraction of sp³-hybridized carbons (Fsp3) is 0.200. The Kier molecular flexibility index (Phi) is 3.71. The fourth-order valence-electron chi connectivity index (χ4n) is 1.05. The molecule has 13 heavy (non-hydrogen) atoms. The smallest absolute Gasteiger partial charge is 0.141 e. The molecule has 0 fully saturated rings. The van der Waals surface area contributed by atoms with E-state index in [0.29, 0.717) is 11.4 Å². The monoisotopic (exact) mass is 195 g/mol. The molecule has 0 unspecified atom stereocenters. The van der Waals surface area contributed by atoms with E-state index in [4.69, 9.17) is 10.5 Å². The molecule has 0 aliphatic carbocycles. The number of ether oxygens (including phenoxy) is 1. The van der Waals surface area contributed by atoms with E-state index in [-0.39, 0.29) is 0 Å². The third-order valence-corrected chi connectivity index (χ3v) is 1.88. The second-order valence-electron chi connectivity index (χ2n) is 2.59. The molecule has 0 amide bonds. The lowest BCUT2D eigenvalue weighted by Gasteiger charge is -2.04. The second-order valence-corrected chi connectivity index (χ2v) is 2.95. The lowest BCUT2D eigenvalue weighted by atomic mass is 10.2. The van der Waals surface area contributed by atoms with E-state index < -0.39 is 0 Å². The van der Waals surface area contributed by atoms with Gasteiger partial charge in [0.15, 0.2) is 0 Å². The molecule has 1 rings (SSSR count). The quantitative estimate of drug-likeness (QED) is 0.573. The molecule has 2 N–H and O–H groups in total. The number of nitrogen functional groups attached to an aromatic ring is 1. The molecule has 0 saturated heterocycles. The first-order valence-corrected chi connectivity index (χ1v) is 4.62. The van der Waals surface area contributed by atoms with Crippen LogP contribution >= 0.6 is 12.6 Å². The molecule has 0 spiro atoms. The average Bonchev–Trinajstić information content (AvgIpc) is 2.15. The standard InChI is InChI=1S/C10H13NOS/c1-12-10-5-4-8(3-2-6-13)7-9(10)11/h2-5,7,13H,6,11H2,1H3. The zero-order valence-electron chi connectivity index (χ0n) is 7.53. The van der Waals surface area contributed by atoms with Crippen LogP contribution in [0, 0.1) is 0 Å². The topological polar surface area (TPSA) is 35.2 Å². The van der Waals surface area contributed by atoms with Gasteiger partial charge in [-0.1, -0.05) is 18.2 Å². The van der Waals surface area contributed by atoms with Gasteiger partial charge in [0, 0.05) is 5.75 Å². The van der Waals surface area contributed by atoms with Crippen molar-refractivity contribution in [1.29, 1.82) is 0 Å². The third-order valence-electron chi connectivity index (χ3n) is 1.67. The van der Waals surface area contributed by atoms with Crippen LogP contribution in [-0.2, 0) is 0 Å². The maximum Gasteiger partial charge on any atom is 0.141 e. The normalized spacial score (nSPS) is 10.6. The highest BCUT2D eigenvalue weighted by atomic mass is 32.1. The minimum atomic E-state index is 0.656. The van der Waals surface area contributed by atoms with Gasteiger partial charge in [0.25, 0.3) is 0 Å². The van der Waals surface area contributed by atoms with Crippen molar-refractivity contribution in [2.45, 2.75) is 0 Å². The molecule has 3 heteroatoms. The Bertz CT molecular complexity index is 310. The minimum absolute atomic E-state index is 0.656.